The fraction of sp³-hybridized carbons (Fsp3) is 0.538. The average molecular weight is 330 g/mol. The molecule has 1 fully saturated rings. The van der Waals surface area contributed by atoms with Gasteiger partial charge in [-0.1, -0.05) is 12.1 Å². The quantitative estimate of drug-likeness (QED) is 0.770. The molecule has 0 radical (unpaired) electrons. The Hall–Kier alpha value is -0.290. The molecule has 0 bridgehead atoms. The molecule has 88 valence electrons. The van der Waals surface area contributed by atoms with Crippen molar-refractivity contribution >= 4 is 28.3 Å². The van der Waals surface area contributed by atoms with E-state index in [0.29, 0.717) is 0 Å². The van der Waals surface area contributed by atoms with Gasteiger partial charge in [0.2, 0.25) is 0 Å². The van der Waals surface area contributed by atoms with E-state index in [9.17, 15) is 0 Å². The second kappa shape index (κ2) is 5.36. The first-order chi connectivity index (χ1) is 7.68. The maximum atomic E-state index is 2.52. The van der Waals surface area contributed by atoms with E-state index < -0.39 is 0 Å². The first-order valence-corrected chi connectivity index (χ1v) is 6.92. The van der Waals surface area contributed by atoms with Crippen LogP contribution in [0, 0.1) is 3.57 Å². The lowest BCUT2D eigenvalue weighted by Crippen LogP contribution is -2.42. The van der Waals surface area contributed by atoms with E-state index in [0.717, 1.165) is 6.04 Å². The summed E-state index contributed by atoms with van der Waals surface area (Å²) in [5.41, 5.74) is 1.40. The number of piperidine rings is 1. The summed E-state index contributed by atoms with van der Waals surface area (Å²) in [4.78, 5) is 4.87. The van der Waals surface area contributed by atoms with Crippen LogP contribution in [0.25, 0.3) is 0 Å². The Kier molecular flexibility index (Phi) is 4.08. The van der Waals surface area contributed by atoms with E-state index in [2.05, 4.69) is 70.8 Å². The summed E-state index contributed by atoms with van der Waals surface area (Å²) >= 11 is 2.43. The van der Waals surface area contributed by atoms with E-state index in [1.807, 2.05) is 0 Å². The number of nitrogens with zero attached hydrogens (tertiary/aromatic N) is 2. The minimum Gasteiger partial charge on any atom is -0.371 e. The highest BCUT2D eigenvalue weighted by molar-refractivity contribution is 14.1. The zero-order chi connectivity index (χ0) is 11.5. The molecular weight excluding hydrogens is 311 g/mol. The fourth-order valence-electron chi connectivity index (χ4n) is 2.33. The molecule has 0 spiro atoms. The third-order valence-corrected chi connectivity index (χ3v) is 4.30. The Labute approximate surface area is 112 Å². The Morgan fingerprint density at radius 1 is 1.19 bits per heavy atom. The summed E-state index contributed by atoms with van der Waals surface area (Å²) in [5.74, 6) is 0. The Morgan fingerprint density at radius 3 is 2.38 bits per heavy atom. The molecule has 3 heteroatoms. The van der Waals surface area contributed by atoms with E-state index in [1.165, 1.54) is 35.2 Å². The molecule has 1 aliphatic rings. The third-order valence-electron chi connectivity index (χ3n) is 3.39. The molecule has 1 saturated heterocycles. The number of hydrogen-bond acceptors (Lipinski definition) is 2. The van der Waals surface area contributed by atoms with E-state index in [-0.39, 0.29) is 0 Å². The van der Waals surface area contributed by atoms with E-state index >= 15 is 0 Å². The molecule has 0 saturated carbocycles. The van der Waals surface area contributed by atoms with Crippen LogP contribution in [0.2, 0.25) is 0 Å². The van der Waals surface area contributed by atoms with Crippen molar-refractivity contribution in [2.45, 2.75) is 18.9 Å². The second-order valence-corrected chi connectivity index (χ2v) is 5.80. The number of para-hydroxylation sites is 1. The number of hydrogen-bond donors (Lipinski definition) is 0. The van der Waals surface area contributed by atoms with Crippen molar-refractivity contribution in [1.82, 2.24) is 4.90 Å². The minimum atomic E-state index is 0.762. The second-order valence-electron chi connectivity index (χ2n) is 4.63. The van der Waals surface area contributed by atoms with Gasteiger partial charge in [0, 0.05) is 22.7 Å². The molecule has 0 unspecified atom stereocenters. The summed E-state index contributed by atoms with van der Waals surface area (Å²) in [7, 11) is 4.37. The van der Waals surface area contributed by atoms with Crippen molar-refractivity contribution in [3.8, 4) is 0 Å². The van der Waals surface area contributed by atoms with Crippen LogP contribution in [0.5, 0.6) is 0 Å². The molecule has 16 heavy (non-hydrogen) atoms. The fourth-order valence-corrected chi connectivity index (χ4v) is 3.06. The zero-order valence-corrected chi connectivity index (χ0v) is 12.1. The first-order valence-electron chi connectivity index (χ1n) is 5.84. The molecule has 1 heterocycles. The maximum Gasteiger partial charge on any atom is 0.0501 e. The van der Waals surface area contributed by atoms with Gasteiger partial charge in [0.25, 0.3) is 0 Å². The molecule has 0 aliphatic carbocycles. The lowest BCUT2D eigenvalue weighted by atomic mass is 10.0. The number of anilines is 1. The summed E-state index contributed by atoms with van der Waals surface area (Å²) < 4.78 is 1.36. The highest BCUT2D eigenvalue weighted by atomic mass is 127. The van der Waals surface area contributed by atoms with Gasteiger partial charge in [-0.05, 0) is 61.7 Å². The normalized spacial score (nSPS) is 18.1. The molecule has 1 aliphatic heterocycles. The van der Waals surface area contributed by atoms with Gasteiger partial charge in [0.15, 0.2) is 0 Å². The van der Waals surface area contributed by atoms with E-state index in [4.69, 9.17) is 0 Å². The number of halogens is 1. The summed E-state index contributed by atoms with van der Waals surface area (Å²) in [5, 5.41) is 0. The monoisotopic (exact) mass is 330 g/mol. The van der Waals surface area contributed by atoms with Crippen molar-refractivity contribution in [2.24, 2.45) is 0 Å². The molecule has 0 atom stereocenters. The smallest absolute Gasteiger partial charge is 0.0501 e. The lowest BCUT2D eigenvalue weighted by Gasteiger charge is -2.36. The van der Waals surface area contributed by atoms with Crippen LogP contribution in [0.3, 0.4) is 0 Å². The van der Waals surface area contributed by atoms with E-state index in [1.54, 1.807) is 0 Å². The van der Waals surface area contributed by atoms with Crippen LogP contribution in [-0.2, 0) is 0 Å². The molecule has 0 N–H and O–H groups in total. The van der Waals surface area contributed by atoms with Crippen LogP contribution >= 0.6 is 22.6 Å². The zero-order valence-electron chi connectivity index (χ0n) is 9.99. The molecule has 0 amide bonds. The molecule has 0 aromatic heterocycles. The number of rotatable bonds is 2. The van der Waals surface area contributed by atoms with Crippen molar-refractivity contribution < 1.29 is 0 Å². The summed E-state index contributed by atoms with van der Waals surface area (Å²) in [6.07, 6.45) is 2.55. The summed E-state index contributed by atoms with van der Waals surface area (Å²) in [6.45, 7) is 2.37. The van der Waals surface area contributed by atoms with Crippen molar-refractivity contribution in [2.75, 3.05) is 32.1 Å². The van der Waals surface area contributed by atoms with Crippen LogP contribution in [-0.4, -0.2) is 38.1 Å². The standard InChI is InChI=1S/C13H19IN2/c1-15(2)11-7-9-16(10-8-11)13-6-4-3-5-12(13)14/h3-6,11H,7-10H2,1-2H3. The Balaban J connectivity index is 2.02. The van der Waals surface area contributed by atoms with Gasteiger partial charge in [0.05, 0.1) is 5.69 Å². The SMILES string of the molecule is CN(C)C1CCN(c2ccccc2I)CC1. The molecular formula is C13H19IN2. The average Bonchev–Trinajstić information content (AvgIpc) is 2.30. The van der Waals surface area contributed by atoms with Crippen molar-refractivity contribution in [3.63, 3.8) is 0 Å². The van der Waals surface area contributed by atoms with Gasteiger partial charge in [-0.2, -0.15) is 0 Å². The van der Waals surface area contributed by atoms with Crippen LogP contribution < -0.4 is 4.90 Å². The lowest BCUT2D eigenvalue weighted by molar-refractivity contribution is 0.249. The van der Waals surface area contributed by atoms with Gasteiger partial charge in [-0.3, -0.25) is 0 Å². The molecule has 1 aromatic carbocycles. The van der Waals surface area contributed by atoms with Crippen LogP contribution in [0.4, 0.5) is 5.69 Å². The van der Waals surface area contributed by atoms with Crippen LogP contribution in [0.1, 0.15) is 12.8 Å². The minimum absolute atomic E-state index is 0.762. The third kappa shape index (κ3) is 2.69. The van der Waals surface area contributed by atoms with Gasteiger partial charge in [0.1, 0.15) is 0 Å². The highest BCUT2D eigenvalue weighted by Crippen LogP contribution is 2.26. The van der Waals surface area contributed by atoms with Gasteiger partial charge in [-0.15, -0.1) is 0 Å². The highest BCUT2D eigenvalue weighted by Gasteiger charge is 2.21. The molecule has 2 nitrogen and oxygen atoms in total. The van der Waals surface area contributed by atoms with Crippen molar-refractivity contribution in [3.05, 3.63) is 27.8 Å². The summed E-state index contributed by atoms with van der Waals surface area (Å²) in [6, 6.07) is 9.43. The van der Waals surface area contributed by atoms with Gasteiger partial charge >= 0.3 is 0 Å². The van der Waals surface area contributed by atoms with Gasteiger partial charge < -0.3 is 9.80 Å². The first kappa shape index (κ1) is 12.2. The largest absolute Gasteiger partial charge is 0.371 e. The predicted octanol–water partition coefficient (Wildman–Crippen LogP) is 2.82. The predicted molar refractivity (Wildman–Crippen MR) is 78.1 cm³/mol. The molecule has 2 rings (SSSR count). The topological polar surface area (TPSA) is 6.48 Å². The van der Waals surface area contributed by atoms with Crippen molar-refractivity contribution in [1.29, 1.82) is 0 Å². The van der Waals surface area contributed by atoms with Gasteiger partial charge in [-0.25, -0.2) is 0 Å². The maximum absolute atomic E-state index is 2.52. The Bertz CT molecular complexity index is 344. The van der Waals surface area contributed by atoms with Crippen LogP contribution in [0.15, 0.2) is 24.3 Å². The molecule has 1 aromatic rings. The number of benzene rings is 1. The Morgan fingerprint density at radius 2 is 1.81 bits per heavy atom.